The van der Waals surface area contributed by atoms with Crippen LogP contribution < -0.4 is 5.32 Å². The topological polar surface area (TPSA) is 68.0 Å². The van der Waals surface area contributed by atoms with Gasteiger partial charge in [0.05, 0.1) is 11.1 Å². The van der Waals surface area contributed by atoms with E-state index < -0.39 is 0 Å². The number of hydrogen-bond acceptors (Lipinski definition) is 5. The minimum absolute atomic E-state index is 0.126. The fourth-order valence-electron chi connectivity index (χ4n) is 3.16. The summed E-state index contributed by atoms with van der Waals surface area (Å²) in [7, 11) is 0. The number of thioether (sulfide) groups is 1. The molecular formula is C21H19N3O2S. The molecule has 0 radical (unpaired) electrons. The van der Waals surface area contributed by atoms with Crippen molar-refractivity contribution in [3.8, 4) is 0 Å². The number of nitrogens with zero attached hydrogens (tertiary/aromatic N) is 2. The molecule has 1 aliphatic rings. The van der Waals surface area contributed by atoms with Crippen LogP contribution in [0, 0.1) is 6.92 Å². The monoisotopic (exact) mass is 377 g/mol. The van der Waals surface area contributed by atoms with E-state index >= 15 is 0 Å². The van der Waals surface area contributed by atoms with Crippen LogP contribution in [-0.4, -0.2) is 21.1 Å². The lowest BCUT2D eigenvalue weighted by atomic mass is 9.95. The van der Waals surface area contributed by atoms with Crippen LogP contribution in [0.4, 0.5) is 5.69 Å². The van der Waals surface area contributed by atoms with Crippen molar-refractivity contribution in [3.63, 3.8) is 0 Å². The SMILES string of the molecule is Cc1cnccc1C(=O)Nc1ccc(C2C=C(c3ncco3)SC2C)cc1. The van der Waals surface area contributed by atoms with E-state index in [1.165, 1.54) is 5.56 Å². The molecule has 6 heteroatoms. The van der Waals surface area contributed by atoms with Gasteiger partial charge in [-0.2, -0.15) is 0 Å². The van der Waals surface area contributed by atoms with Crippen molar-refractivity contribution in [1.82, 2.24) is 9.97 Å². The van der Waals surface area contributed by atoms with Gasteiger partial charge in [-0.15, -0.1) is 11.8 Å². The van der Waals surface area contributed by atoms with E-state index in [0.717, 1.165) is 16.2 Å². The zero-order chi connectivity index (χ0) is 18.8. The number of aromatic nitrogens is 2. The number of allylic oxidation sites excluding steroid dienone is 1. The molecule has 1 amide bonds. The molecule has 136 valence electrons. The summed E-state index contributed by atoms with van der Waals surface area (Å²) < 4.78 is 5.41. The molecule has 0 fully saturated rings. The van der Waals surface area contributed by atoms with Gasteiger partial charge in [0.25, 0.3) is 5.91 Å². The Morgan fingerprint density at radius 2 is 2.00 bits per heavy atom. The Balaban J connectivity index is 1.49. The normalized spacial score (nSPS) is 19.0. The van der Waals surface area contributed by atoms with Gasteiger partial charge < -0.3 is 9.73 Å². The maximum absolute atomic E-state index is 12.4. The first-order chi connectivity index (χ1) is 13.1. The van der Waals surface area contributed by atoms with Crippen LogP contribution in [0.25, 0.3) is 4.91 Å². The van der Waals surface area contributed by atoms with Crippen molar-refractivity contribution in [3.05, 3.63) is 83.8 Å². The van der Waals surface area contributed by atoms with Gasteiger partial charge >= 0.3 is 0 Å². The molecule has 5 nitrogen and oxygen atoms in total. The summed E-state index contributed by atoms with van der Waals surface area (Å²) >= 11 is 1.77. The Kier molecular flexibility index (Phi) is 4.81. The summed E-state index contributed by atoms with van der Waals surface area (Å²) in [4.78, 5) is 21.8. The molecule has 1 aliphatic heterocycles. The van der Waals surface area contributed by atoms with E-state index in [1.54, 1.807) is 42.7 Å². The lowest BCUT2D eigenvalue weighted by Crippen LogP contribution is -2.13. The van der Waals surface area contributed by atoms with Gasteiger partial charge in [-0.05, 0) is 36.2 Å². The van der Waals surface area contributed by atoms with E-state index in [4.69, 9.17) is 4.42 Å². The fourth-order valence-corrected chi connectivity index (χ4v) is 4.37. The number of oxazole rings is 1. The first kappa shape index (κ1) is 17.5. The van der Waals surface area contributed by atoms with Crippen LogP contribution >= 0.6 is 11.8 Å². The summed E-state index contributed by atoms with van der Waals surface area (Å²) in [6, 6.07) is 9.74. The molecule has 2 aromatic heterocycles. The predicted molar refractivity (Wildman–Crippen MR) is 108 cm³/mol. The lowest BCUT2D eigenvalue weighted by Gasteiger charge is -2.15. The Hall–Kier alpha value is -2.86. The van der Waals surface area contributed by atoms with Gasteiger partial charge in [0.1, 0.15) is 6.26 Å². The second kappa shape index (κ2) is 7.40. The molecule has 3 aromatic rings. The standard InChI is InChI=1S/C21H19N3O2S/c1-13-12-22-8-7-17(13)20(25)24-16-5-3-15(4-6-16)18-11-19(27-14(18)2)21-23-9-10-26-21/h3-12,14,18H,1-2H3,(H,24,25). The smallest absolute Gasteiger partial charge is 0.256 e. The van der Waals surface area contributed by atoms with Gasteiger partial charge in [0.15, 0.2) is 0 Å². The molecule has 1 N–H and O–H groups in total. The van der Waals surface area contributed by atoms with E-state index in [9.17, 15) is 4.79 Å². The van der Waals surface area contributed by atoms with Gasteiger partial charge in [-0.1, -0.05) is 25.1 Å². The highest BCUT2D eigenvalue weighted by Gasteiger charge is 2.28. The average Bonchev–Trinajstić information content (AvgIpc) is 3.32. The van der Waals surface area contributed by atoms with Gasteiger partial charge in [-0.3, -0.25) is 9.78 Å². The third-order valence-electron chi connectivity index (χ3n) is 4.61. The van der Waals surface area contributed by atoms with Crippen LogP contribution in [0.1, 0.15) is 40.2 Å². The van der Waals surface area contributed by atoms with Crippen LogP contribution in [0.5, 0.6) is 0 Å². The Morgan fingerprint density at radius 3 is 2.70 bits per heavy atom. The number of amides is 1. The number of hydrogen-bond donors (Lipinski definition) is 1. The van der Waals surface area contributed by atoms with E-state index in [-0.39, 0.29) is 11.8 Å². The molecule has 4 rings (SSSR count). The molecule has 3 heterocycles. The third-order valence-corrected chi connectivity index (χ3v) is 5.84. The Bertz CT molecular complexity index is 981. The average molecular weight is 377 g/mol. The van der Waals surface area contributed by atoms with Gasteiger partial charge in [0, 0.05) is 34.8 Å². The van der Waals surface area contributed by atoms with Crippen LogP contribution in [0.15, 0.2) is 65.7 Å². The number of carbonyl (C=O) groups excluding carboxylic acids is 1. The summed E-state index contributed by atoms with van der Waals surface area (Å²) in [5.74, 6) is 0.827. The molecule has 0 spiro atoms. The van der Waals surface area contributed by atoms with Crippen molar-refractivity contribution >= 4 is 28.3 Å². The molecular weight excluding hydrogens is 358 g/mol. The first-order valence-corrected chi connectivity index (χ1v) is 9.60. The first-order valence-electron chi connectivity index (χ1n) is 8.72. The number of aryl methyl sites for hydroxylation is 1. The molecule has 1 aromatic carbocycles. The van der Waals surface area contributed by atoms with Crippen LogP contribution in [0.3, 0.4) is 0 Å². The quantitative estimate of drug-likeness (QED) is 0.701. The maximum Gasteiger partial charge on any atom is 0.256 e. The highest BCUT2D eigenvalue weighted by Crippen LogP contribution is 2.46. The molecule has 0 aliphatic carbocycles. The van der Waals surface area contributed by atoms with Gasteiger partial charge in [-0.25, -0.2) is 4.98 Å². The number of rotatable bonds is 4. The number of carbonyl (C=O) groups is 1. The second-order valence-electron chi connectivity index (χ2n) is 6.48. The Labute approximate surface area is 161 Å². The zero-order valence-electron chi connectivity index (χ0n) is 15.0. The fraction of sp³-hybridized carbons (Fsp3) is 0.190. The van der Waals surface area contributed by atoms with E-state index in [0.29, 0.717) is 16.7 Å². The molecule has 2 atom stereocenters. The summed E-state index contributed by atoms with van der Waals surface area (Å²) in [6.07, 6.45) is 8.78. The van der Waals surface area contributed by atoms with Gasteiger partial charge in [0.2, 0.25) is 5.89 Å². The largest absolute Gasteiger partial charge is 0.444 e. The molecule has 0 bridgehead atoms. The molecule has 0 saturated carbocycles. The van der Waals surface area contributed by atoms with Crippen molar-refractivity contribution in [2.45, 2.75) is 25.0 Å². The van der Waals surface area contributed by atoms with Crippen LogP contribution in [0.2, 0.25) is 0 Å². The van der Waals surface area contributed by atoms with E-state index in [1.807, 2.05) is 19.1 Å². The molecule has 2 unspecified atom stereocenters. The number of anilines is 1. The number of nitrogens with one attached hydrogen (secondary N) is 1. The number of benzene rings is 1. The summed E-state index contributed by atoms with van der Waals surface area (Å²) in [5.41, 5.74) is 3.46. The molecule has 0 saturated heterocycles. The summed E-state index contributed by atoms with van der Waals surface area (Å²) in [6.45, 7) is 4.08. The lowest BCUT2D eigenvalue weighted by molar-refractivity contribution is 0.102. The highest BCUT2D eigenvalue weighted by molar-refractivity contribution is 8.09. The highest BCUT2D eigenvalue weighted by atomic mass is 32.2. The molecule has 27 heavy (non-hydrogen) atoms. The third kappa shape index (κ3) is 3.66. The number of pyridine rings is 1. The van der Waals surface area contributed by atoms with Crippen LogP contribution in [-0.2, 0) is 0 Å². The minimum Gasteiger partial charge on any atom is -0.444 e. The second-order valence-corrected chi connectivity index (χ2v) is 7.90. The van der Waals surface area contributed by atoms with Crippen molar-refractivity contribution in [2.24, 2.45) is 0 Å². The minimum atomic E-state index is -0.126. The van der Waals surface area contributed by atoms with Crippen molar-refractivity contribution in [1.29, 1.82) is 0 Å². The predicted octanol–water partition coefficient (Wildman–Crippen LogP) is 4.89. The zero-order valence-corrected chi connectivity index (χ0v) is 15.9. The van der Waals surface area contributed by atoms with Crippen molar-refractivity contribution in [2.75, 3.05) is 5.32 Å². The summed E-state index contributed by atoms with van der Waals surface area (Å²) in [5, 5.41) is 3.34. The van der Waals surface area contributed by atoms with Crippen molar-refractivity contribution < 1.29 is 9.21 Å². The van der Waals surface area contributed by atoms with E-state index in [2.05, 4.69) is 40.4 Å². The maximum atomic E-state index is 12.4. The Morgan fingerprint density at radius 1 is 1.19 bits per heavy atom.